The Morgan fingerprint density at radius 2 is 1.87 bits per heavy atom. The molecule has 9 atom stereocenters. The van der Waals surface area contributed by atoms with Crippen molar-refractivity contribution in [2.45, 2.75) is 83.6 Å². The quantitative estimate of drug-likeness (QED) is 0.595. The first-order valence-electron chi connectivity index (χ1n) is 13.8. The van der Waals surface area contributed by atoms with Crippen LogP contribution in [0.2, 0.25) is 0 Å². The van der Waals surface area contributed by atoms with Gasteiger partial charge in [-0.15, -0.1) is 0 Å². The van der Waals surface area contributed by atoms with E-state index < -0.39 is 53.0 Å². The molecule has 1 saturated heterocycles. The molecule has 3 saturated carbocycles. The number of Topliss-reactive ketones (excluding diaryl/α,β-unsaturated/α-hetero) is 1. The number of carbonyl (C=O) groups is 1. The van der Waals surface area contributed by atoms with E-state index in [9.17, 15) is 15.0 Å². The van der Waals surface area contributed by atoms with Gasteiger partial charge in [-0.2, -0.15) is 0 Å². The highest BCUT2D eigenvalue weighted by Crippen LogP contribution is 2.70. The fraction of sp³-hybridized carbons (Fsp3) is 0.613. The van der Waals surface area contributed by atoms with E-state index >= 15 is 4.39 Å². The molecule has 0 spiro atoms. The van der Waals surface area contributed by atoms with Gasteiger partial charge in [0.2, 0.25) is 0 Å². The van der Waals surface area contributed by atoms with E-state index in [1.54, 1.807) is 13.8 Å². The van der Waals surface area contributed by atoms with E-state index in [1.807, 2.05) is 63.3 Å². The molecule has 0 radical (unpaired) electrons. The molecule has 1 aromatic rings. The summed E-state index contributed by atoms with van der Waals surface area (Å²) in [6.45, 7) is 8.90. The van der Waals surface area contributed by atoms with Crippen molar-refractivity contribution in [2.75, 3.05) is 6.61 Å². The molecule has 6 nitrogen and oxygen atoms in total. The van der Waals surface area contributed by atoms with Crippen molar-refractivity contribution in [1.29, 1.82) is 0 Å². The summed E-state index contributed by atoms with van der Waals surface area (Å²) < 4.78 is 28.7. The van der Waals surface area contributed by atoms with Crippen molar-refractivity contribution in [1.82, 2.24) is 0 Å². The number of halogens is 1. The SMILES string of the molecule is Cc1ccc(/N=C2\C=C[C@@]3(C)C(=C2)[C@@H](F)C[C@@H]2[C@@H]3[C@@H](O)C[C@@]3(C)[C@H]2C[C@H]2OC(C)(C)O[C@]23C(=O)CO)cc1. The van der Waals surface area contributed by atoms with E-state index in [1.165, 1.54) is 0 Å². The van der Waals surface area contributed by atoms with E-state index in [0.717, 1.165) is 11.3 Å². The molecule has 204 valence electrons. The lowest BCUT2D eigenvalue weighted by atomic mass is 9.46. The van der Waals surface area contributed by atoms with Crippen LogP contribution in [0.25, 0.3) is 0 Å². The van der Waals surface area contributed by atoms with Crippen LogP contribution in [0.5, 0.6) is 0 Å². The Labute approximate surface area is 223 Å². The van der Waals surface area contributed by atoms with Gasteiger partial charge in [0.25, 0.3) is 0 Å². The maximum Gasteiger partial charge on any atom is 0.193 e. The first-order valence-corrected chi connectivity index (χ1v) is 13.8. The van der Waals surface area contributed by atoms with Crippen molar-refractivity contribution in [2.24, 2.45) is 33.6 Å². The van der Waals surface area contributed by atoms with Crippen LogP contribution >= 0.6 is 0 Å². The van der Waals surface area contributed by atoms with Crippen LogP contribution in [-0.4, -0.2) is 58.1 Å². The molecule has 38 heavy (non-hydrogen) atoms. The molecule has 2 N–H and O–H groups in total. The molecule has 1 aliphatic heterocycles. The summed E-state index contributed by atoms with van der Waals surface area (Å²) in [7, 11) is 0. The van der Waals surface area contributed by atoms with Gasteiger partial charge in [0.1, 0.15) is 12.8 Å². The van der Waals surface area contributed by atoms with Crippen LogP contribution in [0.4, 0.5) is 10.1 Å². The van der Waals surface area contributed by atoms with Crippen LogP contribution in [0.15, 0.2) is 53.1 Å². The zero-order valence-electron chi connectivity index (χ0n) is 22.8. The third-order valence-electron chi connectivity index (χ3n) is 10.3. The number of alkyl halides is 1. The summed E-state index contributed by atoms with van der Waals surface area (Å²) >= 11 is 0. The number of allylic oxidation sites excluding steroid dienone is 4. The molecule has 4 fully saturated rings. The predicted molar refractivity (Wildman–Crippen MR) is 142 cm³/mol. The predicted octanol–water partition coefficient (Wildman–Crippen LogP) is 4.79. The van der Waals surface area contributed by atoms with Crippen LogP contribution in [0, 0.1) is 35.5 Å². The number of ketones is 1. The number of ether oxygens (including phenoxy) is 2. The molecule has 4 aliphatic carbocycles. The molecular weight excluding hydrogens is 485 g/mol. The average Bonchev–Trinajstić information content (AvgIpc) is 3.26. The van der Waals surface area contributed by atoms with Gasteiger partial charge in [0, 0.05) is 16.7 Å². The molecule has 0 bridgehead atoms. The molecule has 0 amide bonds. The topological polar surface area (TPSA) is 88.4 Å². The van der Waals surface area contributed by atoms with Crippen LogP contribution in [-0.2, 0) is 14.3 Å². The lowest BCUT2D eigenvalue weighted by Gasteiger charge is -2.60. The molecular formula is C31H38FNO5. The Kier molecular flexibility index (Phi) is 5.76. The number of fused-ring (bicyclic) bond motifs is 7. The second-order valence-corrected chi connectivity index (χ2v) is 12.9. The number of aliphatic hydroxyl groups excluding tert-OH is 2. The zero-order valence-corrected chi connectivity index (χ0v) is 22.8. The smallest absolute Gasteiger partial charge is 0.193 e. The largest absolute Gasteiger partial charge is 0.393 e. The second-order valence-electron chi connectivity index (χ2n) is 12.9. The summed E-state index contributed by atoms with van der Waals surface area (Å²) in [5.41, 5.74) is 0.486. The van der Waals surface area contributed by atoms with Crippen LogP contribution in [0.3, 0.4) is 0 Å². The minimum absolute atomic E-state index is 0.0971. The number of hydrogen-bond acceptors (Lipinski definition) is 6. The van der Waals surface area contributed by atoms with E-state index in [4.69, 9.17) is 14.5 Å². The van der Waals surface area contributed by atoms with Crippen molar-refractivity contribution in [3.8, 4) is 0 Å². The lowest BCUT2D eigenvalue weighted by Crippen LogP contribution is -2.64. The van der Waals surface area contributed by atoms with Gasteiger partial charge in [-0.05, 0) is 81.7 Å². The normalized spacial score (nSPS) is 45.7. The summed E-state index contributed by atoms with van der Waals surface area (Å²) in [5.74, 6) is -1.89. The number of aryl methyl sites for hydroxylation is 1. The highest BCUT2D eigenvalue weighted by Gasteiger charge is 2.77. The van der Waals surface area contributed by atoms with Crippen LogP contribution in [0.1, 0.15) is 52.5 Å². The number of aliphatic imine (C=N–C) groups is 1. The highest BCUT2D eigenvalue weighted by atomic mass is 19.1. The number of aliphatic hydroxyl groups is 2. The van der Waals surface area contributed by atoms with Gasteiger partial charge >= 0.3 is 0 Å². The van der Waals surface area contributed by atoms with Gasteiger partial charge in [-0.25, -0.2) is 9.38 Å². The third-order valence-corrected chi connectivity index (χ3v) is 10.3. The Bertz CT molecular complexity index is 1250. The summed E-state index contributed by atoms with van der Waals surface area (Å²) in [6, 6.07) is 7.90. The molecule has 0 aromatic heterocycles. The Hall–Kier alpha value is -2.19. The first-order chi connectivity index (χ1) is 17.8. The van der Waals surface area contributed by atoms with Crippen LogP contribution < -0.4 is 0 Å². The first kappa shape index (κ1) is 26.1. The maximum atomic E-state index is 16.1. The summed E-state index contributed by atoms with van der Waals surface area (Å²) in [6.07, 6.45) is 4.40. The molecule has 1 aromatic carbocycles. The van der Waals surface area contributed by atoms with Gasteiger partial charge < -0.3 is 19.7 Å². The molecule has 7 heteroatoms. The second kappa shape index (κ2) is 8.40. The lowest BCUT2D eigenvalue weighted by molar-refractivity contribution is -0.226. The van der Waals surface area contributed by atoms with Crippen molar-refractivity contribution < 1.29 is 28.9 Å². The van der Waals surface area contributed by atoms with E-state index in [0.29, 0.717) is 24.1 Å². The standard InChI is InChI=1S/C31H38FNO5/c1-17-6-8-18(9-7-17)33-19-10-11-29(4)22(12-19)23(32)13-20-21-14-26-31(25(36)16-34,38-28(2,3)37-26)30(21,5)15-24(35)27(20)29/h6-12,20-21,23-24,26-27,34-35H,13-16H2,1-5H3/b33-19+/t20-,21-,23-,24-,26+,27+,29-,30-,31+/m0/s1. The minimum atomic E-state index is -1.36. The van der Waals surface area contributed by atoms with Crippen molar-refractivity contribution >= 4 is 17.2 Å². The summed E-state index contributed by atoms with van der Waals surface area (Å²) in [5, 5.41) is 21.7. The third kappa shape index (κ3) is 3.44. The highest BCUT2D eigenvalue weighted by molar-refractivity contribution is 6.07. The van der Waals surface area contributed by atoms with Crippen molar-refractivity contribution in [3.63, 3.8) is 0 Å². The van der Waals surface area contributed by atoms with Gasteiger partial charge in [-0.3, -0.25) is 4.79 Å². The fourth-order valence-corrected chi connectivity index (χ4v) is 8.90. The Morgan fingerprint density at radius 1 is 1.16 bits per heavy atom. The minimum Gasteiger partial charge on any atom is -0.393 e. The van der Waals surface area contributed by atoms with Gasteiger partial charge in [0.05, 0.1) is 23.6 Å². The number of hydrogen-bond donors (Lipinski definition) is 2. The molecule has 1 heterocycles. The van der Waals surface area contributed by atoms with Gasteiger partial charge in [-0.1, -0.05) is 37.6 Å². The maximum absolute atomic E-state index is 16.1. The number of nitrogens with zero attached hydrogens (tertiary/aromatic N) is 1. The van der Waals surface area contributed by atoms with Gasteiger partial charge in [0.15, 0.2) is 17.2 Å². The molecule has 5 aliphatic rings. The number of benzene rings is 1. The Balaban J connectivity index is 1.38. The van der Waals surface area contributed by atoms with E-state index in [-0.39, 0.29) is 24.2 Å². The number of carbonyl (C=O) groups excluding carboxylic acids is 1. The Morgan fingerprint density at radius 3 is 2.55 bits per heavy atom. The molecule has 6 rings (SSSR count). The molecule has 0 unspecified atom stereocenters. The average molecular weight is 524 g/mol. The number of rotatable bonds is 3. The zero-order chi connectivity index (χ0) is 27.3. The fourth-order valence-electron chi connectivity index (χ4n) is 8.90. The summed E-state index contributed by atoms with van der Waals surface area (Å²) in [4.78, 5) is 18.1. The monoisotopic (exact) mass is 523 g/mol. The van der Waals surface area contributed by atoms with E-state index in [2.05, 4.69) is 0 Å². The van der Waals surface area contributed by atoms with Crippen molar-refractivity contribution in [3.05, 3.63) is 53.6 Å².